The van der Waals surface area contributed by atoms with E-state index in [1.165, 1.54) is 70.0 Å². The lowest BCUT2D eigenvalue weighted by Gasteiger charge is -2.30. The highest BCUT2D eigenvalue weighted by Crippen LogP contribution is 2.35. The smallest absolute Gasteiger partial charge is 0.120 e. The van der Waals surface area contributed by atoms with Crippen molar-refractivity contribution in [3.05, 3.63) is 35.9 Å². The molecule has 0 spiro atoms. The topological polar surface area (TPSA) is 20.3 Å². The Morgan fingerprint density at radius 3 is 2.50 bits per heavy atom. The van der Waals surface area contributed by atoms with Crippen molar-refractivity contribution >= 4 is 6.29 Å². The van der Waals surface area contributed by atoms with Gasteiger partial charge in [-0.05, 0) is 49.8 Å². The van der Waals surface area contributed by atoms with E-state index in [2.05, 4.69) is 42.2 Å². The summed E-state index contributed by atoms with van der Waals surface area (Å²) in [6, 6.07) is 10.8. The molecule has 0 radical (unpaired) electrons. The first-order valence-electron chi connectivity index (χ1n) is 10.0. The predicted molar refractivity (Wildman–Crippen MR) is 102 cm³/mol. The van der Waals surface area contributed by atoms with Crippen LogP contribution in [0.25, 0.3) is 0 Å². The summed E-state index contributed by atoms with van der Waals surface area (Å²) < 4.78 is 0. The van der Waals surface area contributed by atoms with Crippen LogP contribution in [0.2, 0.25) is 0 Å². The maximum absolute atomic E-state index is 10.9. The Hall–Kier alpha value is -1.15. The van der Waals surface area contributed by atoms with E-state index in [1.54, 1.807) is 0 Å². The van der Waals surface area contributed by atoms with Crippen LogP contribution in [-0.4, -0.2) is 24.3 Å². The minimum atomic E-state index is 0.673. The monoisotopic (exact) mass is 329 g/mol. The Kier molecular flexibility index (Phi) is 9.12. The summed E-state index contributed by atoms with van der Waals surface area (Å²) in [7, 11) is 0. The Morgan fingerprint density at radius 2 is 1.79 bits per heavy atom. The summed E-state index contributed by atoms with van der Waals surface area (Å²) in [5, 5.41) is 0. The second-order valence-electron chi connectivity index (χ2n) is 7.46. The van der Waals surface area contributed by atoms with E-state index < -0.39 is 0 Å². The molecule has 1 saturated carbocycles. The lowest BCUT2D eigenvalue weighted by Crippen LogP contribution is -2.25. The zero-order valence-electron chi connectivity index (χ0n) is 15.5. The molecule has 0 heterocycles. The van der Waals surface area contributed by atoms with E-state index in [-0.39, 0.29) is 0 Å². The third-order valence-corrected chi connectivity index (χ3v) is 5.55. The Bertz CT molecular complexity index is 445. The Balaban J connectivity index is 1.70. The van der Waals surface area contributed by atoms with Crippen LogP contribution in [0.3, 0.4) is 0 Å². The van der Waals surface area contributed by atoms with E-state index >= 15 is 0 Å². The molecule has 1 aliphatic rings. The zero-order chi connectivity index (χ0) is 17.0. The fourth-order valence-electron chi connectivity index (χ4n) is 4.27. The van der Waals surface area contributed by atoms with Gasteiger partial charge in [0.25, 0.3) is 0 Å². The molecular formula is C22H35NO. The Morgan fingerprint density at radius 1 is 1.04 bits per heavy atom. The molecule has 2 nitrogen and oxygen atoms in total. The summed E-state index contributed by atoms with van der Waals surface area (Å²) in [4.78, 5) is 13.5. The van der Waals surface area contributed by atoms with Crippen LogP contribution in [0.4, 0.5) is 0 Å². The lowest BCUT2D eigenvalue weighted by atomic mass is 9.75. The van der Waals surface area contributed by atoms with Crippen molar-refractivity contribution in [1.29, 1.82) is 0 Å². The summed E-state index contributed by atoms with van der Waals surface area (Å²) in [5.41, 5.74) is 1.42. The molecule has 0 bridgehead atoms. The van der Waals surface area contributed by atoms with Gasteiger partial charge in [0, 0.05) is 13.0 Å². The van der Waals surface area contributed by atoms with Gasteiger partial charge >= 0.3 is 0 Å². The van der Waals surface area contributed by atoms with Gasteiger partial charge in [0.15, 0.2) is 0 Å². The number of benzene rings is 1. The van der Waals surface area contributed by atoms with Crippen LogP contribution in [0.1, 0.15) is 70.3 Å². The van der Waals surface area contributed by atoms with Crippen molar-refractivity contribution in [2.24, 2.45) is 11.8 Å². The molecule has 1 aliphatic carbocycles. The van der Waals surface area contributed by atoms with Crippen LogP contribution in [0, 0.1) is 11.8 Å². The van der Waals surface area contributed by atoms with E-state index in [0.29, 0.717) is 5.92 Å². The minimum Gasteiger partial charge on any atom is -0.303 e. The van der Waals surface area contributed by atoms with Gasteiger partial charge in [-0.2, -0.15) is 0 Å². The van der Waals surface area contributed by atoms with E-state index in [9.17, 15) is 4.79 Å². The normalized spacial score (nSPS) is 21.1. The van der Waals surface area contributed by atoms with Crippen molar-refractivity contribution < 1.29 is 4.79 Å². The second-order valence-corrected chi connectivity index (χ2v) is 7.46. The summed E-state index contributed by atoms with van der Waals surface area (Å²) >= 11 is 0. The molecule has 134 valence electrons. The van der Waals surface area contributed by atoms with Gasteiger partial charge in [-0.1, -0.05) is 69.4 Å². The maximum atomic E-state index is 10.9. The first kappa shape index (κ1) is 19.2. The van der Waals surface area contributed by atoms with Gasteiger partial charge in [0.1, 0.15) is 6.29 Å². The van der Waals surface area contributed by atoms with Gasteiger partial charge in [-0.3, -0.25) is 4.90 Å². The van der Waals surface area contributed by atoms with Gasteiger partial charge in [-0.25, -0.2) is 0 Å². The van der Waals surface area contributed by atoms with Crippen molar-refractivity contribution in [3.63, 3.8) is 0 Å². The maximum Gasteiger partial charge on any atom is 0.120 e. The number of carbonyl (C=O) groups is 1. The van der Waals surface area contributed by atoms with Crippen LogP contribution in [-0.2, 0) is 11.3 Å². The van der Waals surface area contributed by atoms with Gasteiger partial charge in [-0.15, -0.1) is 0 Å². The van der Waals surface area contributed by atoms with Gasteiger partial charge < -0.3 is 4.79 Å². The highest BCUT2D eigenvalue weighted by atomic mass is 16.1. The first-order chi connectivity index (χ1) is 11.8. The fourth-order valence-corrected chi connectivity index (χ4v) is 4.27. The highest BCUT2D eigenvalue weighted by molar-refractivity contribution is 5.49. The van der Waals surface area contributed by atoms with E-state index in [1.807, 2.05) is 0 Å². The molecule has 2 atom stereocenters. The summed E-state index contributed by atoms with van der Waals surface area (Å²) in [6.45, 7) is 5.73. The summed E-state index contributed by atoms with van der Waals surface area (Å²) in [6.07, 6.45) is 12.4. The highest BCUT2D eigenvalue weighted by Gasteiger charge is 2.24. The number of rotatable bonds is 11. The van der Waals surface area contributed by atoms with Gasteiger partial charge in [0.05, 0.1) is 0 Å². The number of nitrogens with zero attached hydrogens (tertiary/aromatic N) is 1. The molecule has 1 aromatic rings. The molecule has 2 rings (SSSR count). The third kappa shape index (κ3) is 6.76. The van der Waals surface area contributed by atoms with Crippen LogP contribution in [0.15, 0.2) is 30.3 Å². The quantitative estimate of drug-likeness (QED) is 0.396. The lowest BCUT2D eigenvalue weighted by molar-refractivity contribution is -0.109. The minimum absolute atomic E-state index is 0.673. The Labute approximate surface area is 148 Å². The second kappa shape index (κ2) is 11.4. The predicted octanol–water partition coefficient (Wildman–Crippen LogP) is 5.46. The third-order valence-electron chi connectivity index (χ3n) is 5.55. The number of carbonyl (C=O) groups excluding carboxylic acids is 1. The number of hydrogen-bond donors (Lipinski definition) is 0. The molecule has 0 aliphatic heterocycles. The fraction of sp³-hybridized carbons (Fsp3) is 0.682. The molecule has 0 aromatic heterocycles. The average molecular weight is 330 g/mol. The number of unbranched alkanes of at least 4 members (excludes halogenated alkanes) is 1. The number of aldehydes is 1. The molecule has 1 fully saturated rings. The molecule has 2 heteroatoms. The molecule has 1 aromatic carbocycles. The van der Waals surface area contributed by atoms with Crippen molar-refractivity contribution in [1.82, 2.24) is 4.90 Å². The largest absolute Gasteiger partial charge is 0.303 e. The van der Waals surface area contributed by atoms with Crippen molar-refractivity contribution in [2.45, 2.75) is 71.3 Å². The van der Waals surface area contributed by atoms with Crippen LogP contribution < -0.4 is 0 Å². The van der Waals surface area contributed by atoms with Crippen LogP contribution in [0.5, 0.6) is 0 Å². The average Bonchev–Trinajstić information content (AvgIpc) is 2.61. The van der Waals surface area contributed by atoms with Crippen molar-refractivity contribution in [2.75, 3.05) is 13.1 Å². The molecule has 24 heavy (non-hydrogen) atoms. The van der Waals surface area contributed by atoms with Crippen molar-refractivity contribution in [3.8, 4) is 0 Å². The van der Waals surface area contributed by atoms with E-state index in [4.69, 9.17) is 0 Å². The van der Waals surface area contributed by atoms with Gasteiger partial charge in [0.2, 0.25) is 0 Å². The number of hydrogen-bond acceptors (Lipinski definition) is 2. The molecular weight excluding hydrogens is 294 g/mol. The molecule has 0 saturated heterocycles. The first-order valence-corrected chi connectivity index (χ1v) is 10.0. The standard InChI is InChI=1S/C22H35NO/c1-2-16-23(19-20-10-4-3-5-11-20)17-9-8-14-21-12-6-7-13-22(21)15-18-24/h3-5,10-11,18,21-22H,2,6-9,12-17,19H2,1H3. The molecule has 0 amide bonds. The molecule has 2 unspecified atom stereocenters. The molecule has 0 N–H and O–H groups in total. The zero-order valence-corrected chi connectivity index (χ0v) is 15.5. The van der Waals surface area contributed by atoms with E-state index in [0.717, 1.165) is 25.2 Å². The summed E-state index contributed by atoms with van der Waals surface area (Å²) in [5.74, 6) is 1.48. The SMILES string of the molecule is CCCN(CCCCC1CCCCC1CC=O)Cc1ccccc1. The van der Waals surface area contributed by atoms with Crippen LogP contribution >= 0.6 is 0 Å².